The smallest absolute Gasteiger partial charge is 0.252 e. The van der Waals surface area contributed by atoms with Crippen LogP contribution in [0.3, 0.4) is 0 Å². The van der Waals surface area contributed by atoms with E-state index >= 15 is 0 Å². The van der Waals surface area contributed by atoms with Crippen molar-refractivity contribution >= 4 is 11.7 Å². The molecule has 0 heterocycles. The van der Waals surface area contributed by atoms with E-state index in [4.69, 9.17) is 4.74 Å². The van der Waals surface area contributed by atoms with E-state index in [1.165, 1.54) is 0 Å². The molecule has 1 amide bonds. The Kier molecular flexibility index (Phi) is 7.14. The van der Waals surface area contributed by atoms with Crippen molar-refractivity contribution in [3.05, 3.63) is 71.3 Å². The Balaban J connectivity index is 2.00. The molecule has 0 aliphatic rings. The van der Waals surface area contributed by atoms with Gasteiger partial charge in [0, 0.05) is 37.9 Å². The molecule has 126 valence electrons. The van der Waals surface area contributed by atoms with Crippen LogP contribution in [0.2, 0.25) is 0 Å². The maximum atomic E-state index is 12.6. The summed E-state index contributed by atoms with van der Waals surface area (Å²) < 4.78 is 4.94. The molecule has 5 heteroatoms. The van der Waals surface area contributed by atoms with Gasteiger partial charge in [-0.3, -0.25) is 9.59 Å². The van der Waals surface area contributed by atoms with Crippen molar-refractivity contribution < 1.29 is 14.3 Å². The molecule has 0 bridgehead atoms. The fourth-order valence-corrected chi connectivity index (χ4v) is 2.28. The first kappa shape index (κ1) is 17.8. The van der Waals surface area contributed by atoms with Crippen molar-refractivity contribution in [2.75, 3.05) is 33.4 Å². The molecule has 24 heavy (non-hydrogen) atoms. The highest BCUT2D eigenvalue weighted by molar-refractivity contribution is 6.15. The molecule has 5 nitrogen and oxygen atoms in total. The zero-order valence-electron chi connectivity index (χ0n) is 13.7. The number of hydrogen-bond acceptors (Lipinski definition) is 4. The summed E-state index contributed by atoms with van der Waals surface area (Å²) in [5.41, 5.74) is 1.37. The van der Waals surface area contributed by atoms with Gasteiger partial charge >= 0.3 is 0 Å². The molecule has 0 unspecified atom stereocenters. The average molecular weight is 326 g/mol. The molecule has 0 saturated carbocycles. The SMILES string of the molecule is COCCNCCNC(=O)c1ccccc1C(=O)c1ccccc1. The maximum Gasteiger partial charge on any atom is 0.252 e. The van der Waals surface area contributed by atoms with Gasteiger partial charge in [0.05, 0.1) is 12.2 Å². The van der Waals surface area contributed by atoms with Crippen molar-refractivity contribution in [1.29, 1.82) is 0 Å². The molecule has 0 aliphatic heterocycles. The lowest BCUT2D eigenvalue weighted by molar-refractivity contribution is 0.0942. The summed E-state index contributed by atoms with van der Waals surface area (Å²) in [5, 5.41) is 5.98. The summed E-state index contributed by atoms with van der Waals surface area (Å²) in [6.07, 6.45) is 0. The van der Waals surface area contributed by atoms with Crippen LogP contribution in [0.5, 0.6) is 0 Å². The Labute approximate surface area is 142 Å². The zero-order valence-corrected chi connectivity index (χ0v) is 13.7. The molecule has 2 aromatic carbocycles. The number of amides is 1. The second kappa shape index (κ2) is 9.60. The van der Waals surface area contributed by atoms with Gasteiger partial charge < -0.3 is 15.4 Å². The van der Waals surface area contributed by atoms with Crippen LogP contribution in [-0.2, 0) is 4.74 Å². The summed E-state index contributed by atoms with van der Waals surface area (Å²) in [4.78, 5) is 25.0. The lowest BCUT2D eigenvalue weighted by atomic mass is 9.98. The lowest BCUT2D eigenvalue weighted by Gasteiger charge is -2.10. The van der Waals surface area contributed by atoms with Crippen molar-refractivity contribution in [3.63, 3.8) is 0 Å². The third kappa shape index (κ3) is 5.01. The first-order valence-corrected chi connectivity index (χ1v) is 7.90. The second-order valence-corrected chi connectivity index (χ2v) is 5.24. The fraction of sp³-hybridized carbons (Fsp3) is 0.263. The topological polar surface area (TPSA) is 67.4 Å². The molecule has 0 radical (unpaired) electrons. The third-order valence-electron chi connectivity index (χ3n) is 3.52. The predicted molar refractivity (Wildman–Crippen MR) is 93.4 cm³/mol. The van der Waals surface area contributed by atoms with Gasteiger partial charge in [-0.05, 0) is 6.07 Å². The number of benzene rings is 2. The van der Waals surface area contributed by atoms with E-state index in [-0.39, 0.29) is 11.7 Å². The minimum absolute atomic E-state index is 0.153. The summed E-state index contributed by atoms with van der Waals surface area (Å²) in [5.74, 6) is -0.400. The van der Waals surface area contributed by atoms with Crippen molar-refractivity contribution in [2.45, 2.75) is 0 Å². The highest BCUT2D eigenvalue weighted by atomic mass is 16.5. The number of ketones is 1. The number of ether oxygens (including phenoxy) is 1. The molecule has 2 aromatic rings. The van der Waals surface area contributed by atoms with E-state index in [9.17, 15) is 9.59 Å². The van der Waals surface area contributed by atoms with Crippen LogP contribution in [-0.4, -0.2) is 45.0 Å². The standard InChI is InChI=1S/C19H22N2O3/c1-24-14-13-20-11-12-21-19(23)17-10-6-5-9-16(17)18(22)15-7-3-2-4-8-15/h2-10,20H,11-14H2,1H3,(H,21,23). The molecule has 0 aliphatic carbocycles. The summed E-state index contributed by atoms with van der Waals surface area (Å²) in [6, 6.07) is 15.8. The van der Waals surface area contributed by atoms with Crippen LogP contribution >= 0.6 is 0 Å². The van der Waals surface area contributed by atoms with E-state index in [1.807, 2.05) is 18.2 Å². The monoisotopic (exact) mass is 326 g/mol. The molecule has 0 fully saturated rings. The number of carbonyl (C=O) groups excluding carboxylic acids is 2. The first-order chi connectivity index (χ1) is 11.7. The largest absolute Gasteiger partial charge is 0.383 e. The van der Waals surface area contributed by atoms with E-state index in [0.717, 1.165) is 6.54 Å². The van der Waals surface area contributed by atoms with Gasteiger partial charge in [-0.1, -0.05) is 48.5 Å². The van der Waals surface area contributed by atoms with Crippen molar-refractivity contribution in [3.8, 4) is 0 Å². The van der Waals surface area contributed by atoms with Gasteiger partial charge in [0.2, 0.25) is 0 Å². The van der Waals surface area contributed by atoms with Gasteiger partial charge in [-0.2, -0.15) is 0 Å². The molecule has 0 spiro atoms. The van der Waals surface area contributed by atoms with Crippen LogP contribution < -0.4 is 10.6 Å². The van der Waals surface area contributed by atoms with E-state index in [1.54, 1.807) is 43.5 Å². The lowest BCUT2D eigenvalue weighted by Crippen LogP contribution is -2.33. The molecular formula is C19H22N2O3. The summed E-state index contributed by atoms with van der Waals surface area (Å²) >= 11 is 0. The minimum atomic E-state index is -0.247. The quantitative estimate of drug-likeness (QED) is 0.545. The van der Waals surface area contributed by atoms with Crippen LogP contribution in [0, 0.1) is 0 Å². The molecule has 2 N–H and O–H groups in total. The summed E-state index contributed by atoms with van der Waals surface area (Å²) in [7, 11) is 1.64. The fourth-order valence-electron chi connectivity index (χ4n) is 2.28. The van der Waals surface area contributed by atoms with Gasteiger partial charge in [0.15, 0.2) is 5.78 Å². The number of nitrogens with one attached hydrogen (secondary N) is 2. The zero-order chi connectivity index (χ0) is 17.2. The van der Waals surface area contributed by atoms with Gasteiger partial charge in [-0.25, -0.2) is 0 Å². The third-order valence-corrected chi connectivity index (χ3v) is 3.52. The molecule has 0 atom stereocenters. The Hall–Kier alpha value is -2.50. The predicted octanol–water partition coefficient (Wildman–Crippen LogP) is 1.88. The Morgan fingerprint density at radius 1 is 0.875 bits per heavy atom. The normalized spacial score (nSPS) is 10.4. The van der Waals surface area contributed by atoms with E-state index in [0.29, 0.717) is 36.4 Å². The Bertz CT molecular complexity index is 671. The molecular weight excluding hydrogens is 304 g/mol. The number of hydrogen-bond donors (Lipinski definition) is 2. The second-order valence-electron chi connectivity index (χ2n) is 5.24. The van der Waals surface area contributed by atoms with Gasteiger partial charge in [0.25, 0.3) is 5.91 Å². The number of methoxy groups -OCH3 is 1. The highest BCUT2D eigenvalue weighted by Crippen LogP contribution is 2.14. The van der Waals surface area contributed by atoms with Crippen LogP contribution in [0.1, 0.15) is 26.3 Å². The first-order valence-electron chi connectivity index (χ1n) is 7.90. The van der Waals surface area contributed by atoms with Crippen molar-refractivity contribution in [1.82, 2.24) is 10.6 Å². The number of carbonyl (C=O) groups is 2. The molecule has 0 aromatic heterocycles. The Morgan fingerprint density at radius 3 is 2.25 bits per heavy atom. The molecule has 2 rings (SSSR count). The van der Waals surface area contributed by atoms with Gasteiger partial charge in [0.1, 0.15) is 0 Å². The van der Waals surface area contributed by atoms with E-state index < -0.39 is 0 Å². The minimum Gasteiger partial charge on any atom is -0.383 e. The highest BCUT2D eigenvalue weighted by Gasteiger charge is 2.17. The van der Waals surface area contributed by atoms with Crippen LogP contribution in [0.15, 0.2) is 54.6 Å². The average Bonchev–Trinajstić information content (AvgIpc) is 2.64. The number of rotatable bonds is 9. The summed E-state index contributed by atoms with van der Waals surface area (Å²) in [6.45, 7) is 2.48. The molecule has 0 saturated heterocycles. The maximum absolute atomic E-state index is 12.6. The van der Waals surface area contributed by atoms with Crippen LogP contribution in [0.25, 0.3) is 0 Å². The van der Waals surface area contributed by atoms with Gasteiger partial charge in [-0.15, -0.1) is 0 Å². The van der Waals surface area contributed by atoms with E-state index in [2.05, 4.69) is 10.6 Å². The van der Waals surface area contributed by atoms with Crippen molar-refractivity contribution in [2.24, 2.45) is 0 Å². The Morgan fingerprint density at radius 2 is 1.54 bits per heavy atom. The van der Waals surface area contributed by atoms with Crippen LogP contribution in [0.4, 0.5) is 0 Å².